The molecular weight excluding hydrogens is 372 g/mol. The minimum absolute atomic E-state index is 0.0361. The molecule has 0 aliphatic heterocycles. The summed E-state index contributed by atoms with van der Waals surface area (Å²) >= 11 is 5.31. The molecule has 1 aromatic carbocycles. The monoisotopic (exact) mass is 390 g/mol. The van der Waals surface area contributed by atoms with Crippen molar-refractivity contribution >= 4 is 47.8 Å². The Bertz CT molecular complexity index is 814. The van der Waals surface area contributed by atoms with E-state index in [-0.39, 0.29) is 11.4 Å². The molecule has 2 amide bonds. The van der Waals surface area contributed by atoms with E-state index in [0.717, 1.165) is 10.4 Å². The van der Waals surface area contributed by atoms with E-state index in [9.17, 15) is 14.4 Å². The first-order chi connectivity index (χ1) is 12.4. The summed E-state index contributed by atoms with van der Waals surface area (Å²) in [5.74, 6) is -2.42. The molecule has 8 heteroatoms. The van der Waals surface area contributed by atoms with Crippen molar-refractivity contribution < 1.29 is 19.5 Å². The second kappa shape index (κ2) is 9.21. The largest absolute Gasteiger partial charge is 0.480 e. The molecule has 0 saturated heterocycles. The highest BCUT2D eigenvalue weighted by Gasteiger charge is 2.22. The molecule has 0 aliphatic rings. The van der Waals surface area contributed by atoms with E-state index >= 15 is 0 Å². The number of hydrogen-bond acceptors (Lipinski definition) is 5. The van der Waals surface area contributed by atoms with Crippen molar-refractivity contribution in [1.82, 2.24) is 10.6 Å². The second-order valence-electron chi connectivity index (χ2n) is 5.44. The normalized spacial score (nSPS) is 12.3. The van der Waals surface area contributed by atoms with Gasteiger partial charge in [0.05, 0.1) is 0 Å². The maximum atomic E-state index is 12.5. The summed E-state index contributed by atoms with van der Waals surface area (Å²) in [6.45, 7) is 1.90. The highest BCUT2D eigenvalue weighted by Crippen LogP contribution is 2.13. The van der Waals surface area contributed by atoms with Crippen LogP contribution < -0.4 is 10.6 Å². The molecule has 3 N–H and O–H groups in total. The topological polar surface area (TPSA) is 95.5 Å². The number of rotatable bonds is 7. The first-order valence-electron chi connectivity index (χ1n) is 7.68. The van der Waals surface area contributed by atoms with Crippen LogP contribution in [0.3, 0.4) is 0 Å². The number of carbonyl (C=O) groups is 3. The van der Waals surface area contributed by atoms with E-state index in [1.807, 2.05) is 18.4 Å². The molecule has 2 aromatic rings. The number of carboxylic acid groups (broad SMARTS) is 1. The average molecular weight is 390 g/mol. The fraction of sp³-hybridized carbons (Fsp3) is 0.167. The molecule has 1 atom stereocenters. The molecular formula is C18H18N2O4S2. The lowest BCUT2D eigenvalue weighted by atomic mass is 10.1. The lowest BCUT2D eigenvalue weighted by molar-refractivity contribution is -0.140. The van der Waals surface area contributed by atoms with Crippen molar-refractivity contribution in [2.75, 3.05) is 5.75 Å². The van der Waals surface area contributed by atoms with Crippen molar-refractivity contribution in [2.45, 2.75) is 13.0 Å². The third-order valence-electron chi connectivity index (χ3n) is 3.42. The number of benzene rings is 1. The predicted molar refractivity (Wildman–Crippen MR) is 104 cm³/mol. The number of carboxylic acids is 1. The van der Waals surface area contributed by atoms with Gasteiger partial charge in [0.2, 0.25) is 0 Å². The van der Waals surface area contributed by atoms with Crippen LogP contribution in [0.15, 0.2) is 47.5 Å². The van der Waals surface area contributed by atoms with Crippen LogP contribution in [-0.2, 0) is 9.59 Å². The summed E-state index contributed by atoms with van der Waals surface area (Å²) in [6.07, 6.45) is 1.50. The van der Waals surface area contributed by atoms with Crippen molar-refractivity contribution in [3.8, 4) is 0 Å². The van der Waals surface area contributed by atoms with Crippen molar-refractivity contribution in [1.29, 1.82) is 0 Å². The predicted octanol–water partition coefficient (Wildman–Crippen LogP) is 2.33. The third kappa shape index (κ3) is 5.47. The Morgan fingerprint density at radius 1 is 1.23 bits per heavy atom. The lowest BCUT2D eigenvalue weighted by Gasteiger charge is -2.15. The van der Waals surface area contributed by atoms with E-state index in [1.54, 1.807) is 30.3 Å². The van der Waals surface area contributed by atoms with Gasteiger partial charge in [-0.05, 0) is 36.6 Å². The maximum Gasteiger partial charge on any atom is 0.327 e. The van der Waals surface area contributed by atoms with Crippen LogP contribution in [0.2, 0.25) is 0 Å². The van der Waals surface area contributed by atoms with Gasteiger partial charge in [-0.3, -0.25) is 9.59 Å². The van der Waals surface area contributed by atoms with Gasteiger partial charge in [0.25, 0.3) is 11.8 Å². The van der Waals surface area contributed by atoms with Crippen molar-refractivity contribution in [2.24, 2.45) is 0 Å². The van der Waals surface area contributed by atoms with Gasteiger partial charge >= 0.3 is 5.97 Å². The number of aryl methyl sites for hydroxylation is 1. The highest BCUT2D eigenvalue weighted by molar-refractivity contribution is 7.80. The lowest BCUT2D eigenvalue weighted by Crippen LogP contribution is -2.45. The van der Waals surface area contributed by atoms with Gasteiger partial charge in [-0.15, -0.1) is 11.3 Å². The van der Waals surface area contributed by atoms with Crippen molar-refractivity contribution in [3.63, 3.8) is 0 Å². The summed E-state index contributed by atoms with van der Waals surface area (Å²) in [4.78, 5) is 36.8. The molecule has 26 heavy (non-hydrogen) atoms. The Balaban J connectivity index is 2.24. The van der Waals surface area contributed by atoms with Crippen LogP contribution in [0.4, 0.5) is 0 Å². The van der Waals surface area contributed by atoms with Gasteiger partial charge in [0.15, 0.2) is 0 Å². The van der Waals surface area contributed by atoms with Crippen LogP contribution in [0.25, 0.3) is 6.08 Å². The zero-order valence-electron chi connectivity index (χ0n) is 13.9. The molecule has 2 rings (SSSR count). The van der Waals surface area contributed by atoms with Gasteiger partial charge in [-0.25, -0.2) is 4.79 Å². The Hall–Kier alpha value is -2.58. The number of hydrogen-bond donors (Lipinski definition) is 4. The first-order valence-corrected chi connectivity index (χ1v) is 9.19. The van der Waals surface area contributed by atoms with E-state index in [2.05, 4.69) is 23.3 Å². The van der Waals surface area contributed by atoms with Crippen LogP contribution in [0.5, 0.6) is 0 Å². The van der Waals surface area contributed by atoms with Gasteiger partial charge in [0, 0.05) is 16.2 Å². The van der Waals surface area contributed by atoms with Crippen LogP contribution in [0.1, 0.15) is 20.8 Å². The molecule has 6 nitrogen and oxygen atoms in total. The molecule has 0 fully saturated rings. The molecule has 0 bridgehead atoms. The number of nitrogens with one attached hydrogen (secondary N) is 2. The second-order valence-corrected chi connectivity index (χ2v) is 6.78. The van der Waals surface area contributed by atoms with Gasteiger partial charge < -0.3 is 15.7 Å². The molecule has 136 valence electrons. The van der Waals surface area contributed by atoms with Gasteiger partial charge in [-0.2, -0.15) is 12.6 Å². The SMILES string of the molecule is Cc1ccc(C(=O)NC(=Cc2cccs2)C(=O)NC(CS)C(=O)O)cc1. The van der Waals surface area contributed by atoms with E-state index in [4.69, 9.17) is 5.11 Å². The zero-order valence-corrected chi connectivity index (χ0v) is 15.6. The number of thiol groups is 1. The maximum absolute atomic E-state index is 12.5. The summed E-state index contributed by atoms with van der Waals surface area (Å²) in [5.41, 5.74) is 1.36. The molecule has 0 spiro atoms. The van der Waals surface area contributed by atoms with Crippen molar-refractivity contribution in [3.05, 3.63) is 63.5 Å². The quantitative estimate of drug-likeness (QED) is 0.431. The number of aliphatic carboxylic acids is 1. The van der Waals surface area contributed by atoms with E-state index in [0.29, 0.717) is 5.56 Å². The smallest absolute Gasteiger partial charge is 0.327 e. The number of thiophene rings is 1. The van der Waals surface area contributed by atoms with Gasteiger partial charge in [0.1, 0.15) is 11.7 Å². The van der Waals surface area contributed by atoms with Crippen LogP contribution >= 0.6 is 24.0 Å². The summed E-state index contributed by atoms with van der Waals surface area (Å²) in [6, 6.07) is 9.31. The first kappa shape index (κ1) is 19.7. The fourth-order valence-corrected chi connectivity index (χ4v) is 2.90. The average Bonchev–Trinajstić information content (AvgIpc) is 3.12. The highest BCUT2D eigenvalue weighted by atomic mass is 32.1. The fourth-order valence-electron chi connectivity index (χ4n) is 1.99. The van der Waals surface area contributed by atoms with Crippen LogP contribution in [0, 0.1) is 6.92 Å². The Morgan fingerprint density at radius 2 is 1.92 bits per heavy atom. The molecule has 0 saturated carbocycles. The molecule has 1 unspecified atom stereocenters. The van der Waals surface area contributed by atoms with Gasteiger partial charge in [-0.1, -0.05) is 23.8 Å². The summed E-state index contributed by atoms with van der Waals surface area (Å²) < 4.78 is 0. The van der Waals surface area contributed by atoms with E-state index < -0.39 is 23.8 Å². The molecule has 0 radical (unpaired) electrons. The van der Waals surface area contributed by atoms with E-state index in [1.165, 1.54) is 17.4 Å². The molecule has 1 heterocycles. The molecule has 1 aromatic heterocycles. The minimum Gasteiger partial charge on any atom is -0.480 e. The third-order valence-corrected chi connectivity index (χ3v) is 4.61. The Labute approximate surface area is 160 Å². The number of carbonyl (C=O) groups excluding carboxylic acids is 2. The Kier molecular flexibility index (Phi) is 6.99. The minimum atomic E-state index is -1.20. The zero-order chi connectivity index (χ0) is 19.1. The Morgan fingerprint density at radius 3 is 2.46 bits per heavy atom. The summed E-state index contributed by atoms with van der Waals surface area (Å²) in [5, 5.41) is 15.8. The van der Waals surface area contributed by atoms with Crippen LogP contribution in [-0.4, -0.2) is 34.7 Å². The number of amides is 2. The summed E-state index contributed by atoms with van der Waals surface area (Å²) in [7, 11) is 0. The molecule has 0 aliphatic carbocycles. The standard InChI is InChI=1S/C18H18N2O4S2/c1-11-4-6-12(7-5-11)16(21)19-14(9-13-3-2-8-26-13)17(22)20-15(10-25)18(23)24/h2-9,15,25H,10H2,1H3,(H,19,21)(H,20,22)(H,23,24).